The monoisotopic (exact) mass is 237 g/mol. The van der Waals surface area contributed by atoms with Gasteiger partial charge in [0.2, 0.25) is 0 Å². The van der Waals surface area contributed by atoms with Crippen molar-refractivity contribution in [3.63, 3.8) is 0 Å². The Hall–Kier alpha value is -1.27. The van der Waals surface area contributed by atoms with Crippen LogP contribution in [0.3, 0.4) is 0 Å². The topological polar surface area (TPSA) is 29.1 Å². The Morgan fingerprint density at radius 3 is 2.92 bits per heavy atom. The van der Waals surface area contributed by atoms with Crippen LogP contribution in [0.5, 0.6) is 0 Å². The van der Waals surface area contributed by atoms with Gasteiger partial charge in [-0.3, -0.25) is 4.79 Å². The minimum Gasteiger partial charge on any atom is -0.315 e. The van der Waals surface area contributed by atoms with Gasteiger partial charge in [0.25, 0.3) is 5.91 Å². The molecule has 0 fully saturated rings. The summed E-state index contributed by atoms with van der Waals surface area (Å²) in [6.45, 7) is 1.90. The van der Waals surface area contributed by atoms with E-state index in [-0.39, 0.29) is 0 Å². The SMILES string of the molecule is C#CC(=O)Nc1cc(Br)ccc1C. The summed E-state index contributed by atoms with van der Waals surface area (Å²) in [5.41, 5.74) is 1.71. The highest BCUT2D eigenvalue weighted by atomic mass is 79.9. The maximum Gasteiger partial charge on any atom is 0.300 e. The third kappa shape index (κ3) is 2.60. The molecule has 0 atom stereocenters. The Labute approximate surface area is 85.5 Å². The number of hydrogen-bond acceptors (Lipinski definition) is 1. The summed E-state index contributed by atoms with van der Waals surface area (Å²) in [6, 6.07) is 5.61. The number of carbonyl (C=O) groups excluding carboxylic acids is 1. The molecule has 0 radical (unpaired) electrons. The van der Waals surface area contributed by atoms with Crippen LogP contribution in [-0.4, -0.2) is 5.91 Å². The molecular weight excluding hydrogens is 230 g/mol. The van der Waals surface area contributed by atoms with Crippen molar-refractivity contribution in [2.75, 3.05) is 5.32 Å². The van der Waals surface area contributed by atoms with Crippen LogP contribution in [0, 0.1) is 19.3 Å². The predicted octanol–water partition coefficient (Wildman–Crippen LogP) is 2.33. The van der Waals surface area contributed by atoms with Crippen LogP contribution >= 0.6 is 15.9 Å². The molecule has 0 spiro atoms. The Bertz CT molecular complexity index is 379. The average molecular weight is 238 g/mol. The zero-order valence-electron chi connectivity index (χ0n) is 7.10. The van der Waals surface area contributed by atoms with Crippen LogP contribution in [0.4, 0.5) is 5.69 Å². The molecule has 2 nitrogen and oxygen atoms in total. The Kier molecular flexibility index (Phi) is 3.10. The average Bonchev–Trinajstić information content (AvgIpc) is 2.11. The zero-order valence-corrected chi connectivity index (χ0v) is 8.68. The van der Waals surface area contributed by atoms with Crippen molar-refractivity contribution in [2.45, 2.75) is 6.92 Å². The molecule has 13 heavy (non-hydrogen) atoms. The molecular formula is C10H8BrNO. The highest BCUT2D eigenvalue weighted by Gasteiger charge is 2.01. The van der Waals surface area contributed by atoms with Gasteiger partial charge >= 0.3 is 0 Å². The van der Waals surface area contributed by atoms with Crippen molar-refractivity contribution in [1.29, 1.82) is 0 Å². The first-order valence-electron chi connectivity index (χ1n) is 3.67. The molecule has 0 heterocycles. The number of terminal acetylenes is 1. The van der Waals surface area contributed by atoms with Gasteiger partial charge in [0, 0.05) is 10.2 Å². The first-order valence-corrected chi connectivity index (χ1v) is 4.46. The molecule has 0 saturated heterocycles. The largest absolute Gasteiger partial charge is 0.315 e. The fourth-order valence-electron chi connectivity index (χ4n) is 0.887. The molecule has 1 rings (SSSR count). The summed E-state index contributed by atoms with van der Waals surface area (Å²) in [6.07, 6.45) is 4.93. The molecule has 0 aliphatic rings. The fraction of sp³-hybridized carbons (Fsp3) is 0.100. The van der Waals surface area contributed by atoms with E-state index in [0.717, 1.165) is 15.7 Å². The molecule has 0 aliphatic carbocycles. The molecule has 3 heteroatoms. The van der Waals surface area contributed by atoms with Crippen LogP contribution in [0.1, 0.15) is 5.56 Å². The molecule has 0 aromatic heterocycles. The van der Waals surface area contributed by atoms with Crippen molar-refractivity contribution in [3.8, 4) is 12.3 Å². The summed E-state index contributed by atoms with van der Waals surface area (Å²) in [7, 11) is 0. The van der Waals surface area contributed by atoms with Gasteiger partial charge in [-0.1, -0.05) is 22.0 Å². The number of anilines is 1. The molecule has 0 unspecified atom stereocenters. The van der Waals surface area contributed by atoms with Gasteiger partial charge in [0.05, 0.1) is 0 Å². The van der Waals surface area contributed by atoms with Gasteiger partial charge in [0.15, 0.2) is 0 Å². The molecule has 0 saturated carbocycles. The van der Waals surface area contributed by atoms with E-state index in [1.807, 2.05) is 31.0 Å². The number of halogens is 1. The highest BCUT2D eigenvalue weighted by Crippen LogP contribution is 2.20. The fourth-order valence-corrected chi connectivity index (χ4v) is 1.25. The molecule has 66 valence electrons. The van der Waals surface area contributed by atoms with Gasteiger partial charge in [-0.15, -0.1) is 6.42 Å². The van der Waals surface area contributed by atoms with Crippen LogP contribution in [-0.2, 0) is 4.79 Å². The summed E-state index contributed by atoms with van der Waals surface area (Å²) < 4.78 is 0.908. The lowest BCUT2D eigenvalue weighted by atomic mass is 10.2. The summed E-state index contributed by atoms with van der Waals surface area (Å²) in [4.78, 5) is 10.9. The van der Waals surface area contributed by atoms with Crippen molar-refractivity contribution >= 4 is 27.5 Å². The van der Waals surface area contributed by atoms with Crippen molar-refractivity contribution in [1.82, 2.24) is 0 Å². The van der Waals surface area contributed by atoms with E-state index in [2.05, 4.69) is 21.2 Å². The van der Waals surface area contributed by atoms with E-state index in [1.165, 1.54) is 0 Å². The Morgan fingerprint density at radius 2 is 2.31 bits per heavy atom. The molecule has 1 aromatic carbocycles. The predicted molar refractivity (Wildman–Crippen MR) is 56.3 cm³/mol. The molecule has 1 aromatic rings. The van der Waals surface area contributed by atoms with E-state index >= 15 is 0 Å². The van der Waals surface area contributed by atoms with Crippen molar-refractivity contribution in [2.24, 2.45) is 0 Å². The van der Waals surface area contributed by atoms with Crippen LogP contribution < -0.4 is 5.32 Å². The molecule has 1 amide bonds. The number of amides is 1. The first-order chi connectivity index (χ1) is 6.13. The second-order valence-electron chi connectivity index (χ2n) is 2.56. The number of hydrogen-bond donors (Lipinski definition) is 1. The van der Waals surface area contributed by atoms with Crippen LogP contribution in [0.25, 0.3) is 0 Å². The quantitative estimate of drug-likeness (QED) is 0.747. The van der Waals surface area contributed by atoms with Gasteiger partial charge in [-0.2, -0.15) is 0 Å². The van der Waals surface area contributed by atoms with E-state index in [4.69, 9.17) is 6.42 Å². The molecule has 0 bridgehead atoms. The Morgan fingerprint density at radius 1 is 1.62 bits per heavy atom. The zero-order chi connectivity index (χ0) is 9.84. The number of nitrogens with one attached hydrogen (secondary N) is 1. The van der Waals surface area contributed by atoms with E-state index in [1.54, 1.807) is 0 Å². The lowest BCUT2D eigenvalue weighted by molar-refractivity contribution is -0.111. The van der Waals surface area contributed by atoms with Crippen LogP contribution in [0.15, 0.2) is 22.7 Å². The molecule has 1 N–H and O–H groups in total. The summed E-state index contributed by atoms with van der Waals surface area (Å²) in [5.74, 6) is 1.57. The van der Waals surface area contributed by atoms with Gasteiger partial charge in [-0.25, -0.2) is 0 Å². The second kappa shape index (κ2) is 4.11. The second-order valence-corrected chi connectivity index (χ2v) is 3.47. The smallest absolute Gasteiger partial charge is 0.300 e. The standard InChI is InChI=1S/C10H8BrNO/c1-3-10(13)12-9-6-8(11)5-4-7(9)2/h1,4-6H,2H3,(H,12,13). The maximum atomic E-state index is 10.9. The third-order valence-electron chi connectivity index (χ3n) is 1.58. The summed E-state index contributed by atoms with van der Waals surface area (Å²) in [5, 5.41) is 2.60. The lowest BCUT2D eigenvalue weighted by Gasteiger charge is -2.05. The van der Waals surface area contributed by atoms with E-state index < -0.39 is 5.91 Å². The van der Waals surface area contributed by atoms with E-state index in [9.17, 15) is 4.79 Å². The summed E-state index contributed by atoms with van der Waals surface area (Å²) >= 11 is 3.31. The minimum absolute atomic E-state index is 0.429. The highest BCUT2D eigenvalue weighted by molar-refractivity contribution is 9.10. The number of benzene rings is 1. The number of carbonyl (C=O) groups is 1. The van der Waals surface area contributed by atoms with Crippen molar-refractivity contribution < 1.29 is 4.79 Å². The minimum atomic E-state index is -0.429. The Balaban J connectivity index is 2.95. The third-order valence-corrected chi connectivity index (χ3v) is 2.07. The normalized spacial score (nSPS) is 9.00. The van der Waals surface area contributed by atoms with E-state index in [0.29, 0.717) is 0 Å². The van der Waals surface area contributed by atoms with Gasteiger partial charge < -0.3 is 5.32 Å². The maximum absolute atomic E-state index is 10.9. The number of rotatable bonds is 1. The van der Waals surface area contributed by atoms with Gasteiger partial charge in [-0.05, 0) is 30.5 Å². The van der Waals surface area contributed by atoms with Crippen molar-refractivity contribution in [3.05, 3.63) is 28.2 Å². The number of aryl methyl sites for hydroxylation is 1. The molecule has 0 aliphatic heterocycles. The lowest BCUT2D eigenvalue weighted by Crippen LogP contribution is -2.08. The van der Waals surface area contributed by atoms with Crippen LogP contribution in [0.2, 0.25) is 0 Å². The van der Waals surface area contributed by atoms with Gasteiger partial charge in [0.1, 0.15) is 0 Å². The first kappa shape index (κ1) is 9.82.